The third kappa shape index (κ3) is 2.44. The van der Waals surface area contributed by atoms with Gasteiger partial charge in [-0.15, -0.1) is 0 Å². The molecule has 3 rings (SSSR count). The van der Waals surface area contributed by atoms with Crippen LogP contribution < -0.4 is 4.74 Å². The molecule has 0 aliphatic rings. The van der Waals surface area contributed by atoms with Crippen LogP contribution >= 0.6 is 0 Å². The van der Waals surface area contributed by atoms with Gasteiger partial charge in [0.05, 0.1) is 11.2 Å². The molecule has 1 aromatic heterocycles. The largest absolute Gasteiger partial charge is 0.504 e. The highest BCUT2D eigenvalue weighted by atomic mass is 19.1. The van der Waals surface area contributed by atoms with E-state index in [0.29, 0.717) is 11.1 Å². The Morgan fingerprint density at radius 1 is 1.14 bits per heavy atom. The van der Waals surface area contributed by atoms with Gasteiger partial charge in [0, 0.05) is 11.9 Å². The molecule has 0 aliphatic carbocycles. The second kappa shape index (κ2) is 5.48. The van der Waals surface area contributed by atoms with Crippen molar-refractivity contribution in [2.24, 2.45) is 0 Å². The highest BCUT2D eigenvalue weighted by molar-refractivity contribution is 5.82. The Hall–Kier alpha value is -2.49. The zero-order chi connectivity index (χ0) is 14.8. The van der Waals surface area contributed by atoms with Crippen molar-refractivity contribution in [2.45, 2.75) is 20.1 Å². The molecule has 0 aliphatic heterocycles. The van der Waals surface area contributed by atoms with Crippen molar-refractivity contribution in [3.05, 3.63) is 60.0 Å². The van der Waals surface area contributed by atoms with Crippen LogP contribution in [-0.4, -0.2) is 9.67 Å². The first-order valence-electron chi connectivity index (χ1n) is 6.88. The number of aromatic nitrogens is 1. The second-order valence-electron chi connectivity index (χ2n) is 4.81. The molecule has 3 aromatic rings. The fourth-order valence-corrected chi connectivity index (χ4v) is 2.53. The molecule has 1 heterocycles. The molecule has 0 atom stereocenters. The molecule has 4 heteroatoms. The molecule has 1 N–H and O–H groups in total. The molecule has 108 valence electrons. The van der Waals surface area contributed by atoms with Crippen molar-refractivity contribution in [3.63, 3.8) is 0 Å². The molecule has 21 heavy (non-hydrogen) atoms. The Bertz CT molecular complexity index is 780. The summed E-state index contributed by atoms with van der Waals surface area (Å²) in [5.74, 6) is 0.289. The van der Waals surface area contributed by atoms with E-state index < -0.39 is 0 Å². The van der Waals surface area contributed by atoms with E-state index in [-0.39, 0.29) is 18.2 Å². The second-order valence-corrected chi connectivity index (χ2v) is 4.81. The van der Waals surface area contributed by atoms with Gasteiger partial charge in [0.25, 0.3) is 0 Å². The number of rotatable bonds is 4. The van der Waals surface area contributed by atoms with Crippen LogP contribution in [0.15, 0.2) is 48.5 Å². The van der Waals surface area contributed by atoms with Crippen LogP contribution in [0.25, 0.3) is 10.9 Å². The number of para-hydroxylation sites is 2. The zero-order valence-electron chi connectivity index (χ0n) is 11.7. The summed E-state index contributed by atoms with van der Waals surface area (Å²) < 4.78 is 21.5. The lowest BCUT2D eigenvalue weighted by Crippen LogP contribution is -2.04. The molecular weight excluding hydrogens is 269 g/mol. The standard InChI is InChI=1S/C17H16FNO2/c1-2-19-12(10-13-14(18)6-5-7-15(13)19)11-21-17-9-4-3-8-16(17)20/h3-10,20H,2,11H2,1H3. The third-order valence-corrected chi connectivity index (χ3v) is 3.54. The van der Waals surface area contributed by atoms with Gasteiger partial charge in [0.15, 0.2) is 11.5 Å². The average Bonchev–Trinajstić information content (AvgIpc) is 2.85. The van der Waals surface area contributed by atoms with Crippen molar-refractivity contribution < 1.29 is 14.2 Å². The molecule has 0 amide bonds. The number of nitrogens with zero attached hydrogens (tertiary/aromatic N) is 1. The van der Waals surface area contributed by atoms with E-state index in [0.717, 1.165) is 17.8 Å². The van der Waals surface area contributed by atoms with Gasteiger partial charge < -0.3 is 14.4 Å². The van der Waals surface area contributed by atoms with Crippen molar-refractivity contribution in [1.82, 2.24) is 4.57 Å². The summed E-state index contributed by atoms with van der Waals surface area (Å²) >= 11 is 0. The van der Waals surface area contributed by atoms with Gasteiger partial charge >= 0.3 is 0 Å². The number of aromatic hydroxyl groups is 1. The van der Waals surface area contributed by atoms with E-state index in [9.17, 15) is 9.50 Å². The minimum Gasteiger partial charge on any atom is -0.504 e. The fraction of sp³-hybridized carbons (Fsp3) is 0.176. The first-order chi connectivity index (χ1) is 10.2. The lowest BCUT2D eigenvalue weighted by atomic mass is 10.2. The maximum Gasteiger partial charge on any atom is 0.161 e. The highest BCUT2D eigenvalue weighted by Gasteiger charge is 2.11. The predicted molar refractivity (Wildman–Crippen MR) is 80.0 cm³/mol. The van der Waals surface area contributed by atoms with E-state index in [1.165, 1.54) is 6.07 Å². The molecule has 0 bridgehead atoms. The Labute approximate surface area is 122 Å². The highest BCUT2D eigenvalue weighted by Crippen LogP contribution is 2.27. The van der Waals surface area contributed by atoms with Crippen LogP contribution in [0, 0.1) is 5.82 Å². The summed E-state index contributed by atoms with van der Waals surface area (Å²) in [6.07, 6.45) is 0. The van der Waals surface area contributed by atoms with Gasteiger partial charge in [0.1, 0.15) is 12.4 Å². The van der Waals surface area contributed by atoms with Crippen molar-refractivity contribution in [3.8, 4) is 11.5 Å². The number of aryl methyl sites for hydroxylation is 1. The molecular formula is C17H16FNO2. The Morgan fingerprint density at radius 2 is 1.95 bits per heavy atom. The summed E-state index contributed by atoms with van der Waals surface area (Å²) in [6, 6.07) is 13.7. The Kier molecular flexibility index (Phi) is 3.52. The molecule has 0 unspecified atom stereocenters. The maximum atomic E-state index is 13.8. The van der Waals surface area contributed by atoms with Crippen LogP contribution in [0.5, 0.6) is 11.5 Å². The van der Waals surface area contributed by atoms with Crippen molar-refractivity contribution >= 4 is 10.9 Å². The van der Waals surface area contributed by atoms with Gasteiger partial charge in [-0.3, -0.25) is 0 Å². The number of fused-ring (bicyclic) bond motifs is 1. The SMILES string of the molecule is CCn1c(COc2ccccc2O)cc2c(F)cccc21. The lowest BCUT2D eigenvalue weighted by Gasteiger charge is -2.10. The fourth-order valence-electron chi connectivity index (χ4n) is 2.53. The van der Waals surface area contributed by atoms with Gasteiger partial charge in [-0.2, -0.15) is 0 Å². The number of halogens is 1. The molecule has 0 saturated carbocycles. The van der Waals surface area contributed by atoms with Crippen LogP contribution in [0.1, 0.15) is 12.6 Å². The minimum atomic E-state index is -0.233. The number of phenols is 1. The van der Waals surface area contributed by atoms with E-state index >= 15 is 0 Å². The summed E-state index contributed by atoms with van der Waals surface area (Å²) in [7, 11) is 0. The van der Waals surface area contributed by atoms with Crippen LogP contribution in [0.2, 0.25) is 0 Å². The number of hydrogen-bond donors (Lipinski definition) is 1. The molecule has 0 spiro atoms. The van der Waals surface area contributed by atoms with Gasteiger partial charge in [-0.25, -0.2) is 4.39 Å². The Balaban J connectivity index is 1.94. The van der Waals surface area contributed by atoms with Gasteiger partial charge in [-0.1, -0.05) is 18.2 Å². The van der Waals surface area contributed by atoms with E-state index in [4.69, 9.17) is 4.74 Å². The molecule has 3 nitrogen and oxygen atoms in total. The lowest BCUT2D eigenvalue weighted by molar-refractivity contribution is 0.280. The quantitative estimate of drug-likeness (QED) is 0.783. The summed E-state index contributed by atoms with van der Waals surface area (Å²) in [6.45, 7) is 3.01. The van der Waals surface area contributed by atoms with E-state index in [1.807, 2.05) is 17.6 Å². The zero-order valence-corrected chi connectivity index (χ0v) is 11.7. The number of ether oxygens (including phenoxy) is 1. The first-order valence-corrected chi connectivity index (χ1v) is 6.88. The minimum absolute atomic E-state index is 0.0999. The van der Waals surface area contributed by atoms with Crippen molar-refractivity contribution in [1.29, 1.82) is 0 Å². The van der Waals surface area contributed by atoms with Crippen LogP contribution in [0.3, 0.4) is 0 Å². The maximum absolute atomic E-state index is 13.8. The van der Waals surface area contributed by atoms with Crippen LogP contribution in [0.4, 0.5) is 4.39 Å². The molecule has 2 aromatic carbocycles. The third-order valence-electron chi connectivity index (χ3n) is 3.54. The summed E-state index contributed by atoms with van der Waals surface area (Å²) in [5, 5.41) is 10.3. The smallest absolute Gasteiger partial charge is 0.161 e. The molecule has 0 saturated heterocycles. The normalized spacial score (nSPS) is 11.0. The van der Waals surface area contributed by atoms with Gasteiger partial charge in [-0.05, 0) is 37.3 Å². The van der Waals surface area contributed by atoms with E-state index in [1.54, 1.807) is 36.4 Å². The number of hydrogen-bond acceptors (Lipinski definition) is 2. The van der Waals surface area contributed by atoms with Crippen LogP contribution in [-0.2, 0) is 13.2 Å². The van der Waals surface area contributed by atoms with E-state index in [2.05, 4.69) is 0 Å². The predicted octanol–water partition coefficient (Wildman–Crippen LogP) is 4.08. The average molecular weight is 285 g/mol. The number of benzene rings is 2. The molecule has 0 radical (unpaired) electrons. The monoisotopic (exact) mass is 285 g/mol. The van der Waals surface area contributed by atoms with Gasteiger partial charge in [0.2, 0.25) is 0 Å². The Morgan fingerprint density at radius 3 is 2.71 bits per heavy atom. The summed E-state index contributed by atoms with van der Waals surface area (Å²) in [4.78, 5) is 0. The molecule has 0 fully saturated rings. The number of phenolic OH excluding ortho intramolecular Hbond substituents is 1. The van der Waals surface area contributed by atoms with Crippen molar-refractivity contribution in [2.75, 3.05) is 0 Å². The topological polar surface area (TPSA) is 34.4 Å². The summed E-state index contributed by atoms with van der Waals surface area (Å²) in [5.41, 5.74) is 1.73. The first kappa shape index (κ1) is 13.5.